The highest BCUT2D eigenvalue weighted by Crippen LogP contribution is 2.35. The standard InChI is InChI=1S/C23H24N6O3S/c1-30-20-12-18-19(13-21(20)31-2)26-14-27-22(18)32-17-6-4-16(5-7-17)28-23(33)25-8-3-10-29-11-9-24-15-29/h4-7,9,11-15H,3,8,10H2,1-2H3,(H2,25,28,33). The summed E-state index contributed by atoms with van der Waals surface area (Å²) in [5, 5.41) is 7.67. The highest BCUT2D eigenvalue weighted by Gasteiger charge is 2.12. The van der Waals surface area contributed by atoms with E-state index in [4.69, 9.17) is 26.4 Å². The van der Waals surface area contributed by atoms with Crippen LogP contribution in [0.25, 0.3) is 10.9 Å². The summed E-state index contributed by atoms with van der Waals surface area (Å²) in [5.41, 5.74) is 1.55. The molecular weight excluding hydrogens is 440 g/mol. The van der Waals surface area contributed by atoms with E-state index in [0.717, 1.165) is 30.6 Å². The average Bonchev–Trinajstić information content (AvgIpc) is 3.36. The number of benzene rings is 2. The van der Waals surface area contributed by atoms with Crippen LogP contribution in [0.3, 0.4) is 0 Å². The van der Waals surface area contributed by atoms with Crippen molar-refractivity contribution in [2.45, 2.75) is 13.0 Å². The van der Waals surface area contributed by atoms with Crippen LogP contribution in [0, 0.1) is 0 Å². The molecule has 0 aliphatic heterocycles. The normalized spacial score (nSPS) is 10.6. The second-order valence-corrected chi connectivity index (χ2v) is 7.47. The zero-order chi connectivity index (χ0) is 23.0. The number of methoxy groups -OCH3 is 2. The third-order valence-corrected chi connectivity index (χ3v) is 5.12. The van der Waals surface area contributed by atoms with E-state index >= 15 is 0 Å². The first kappa shape index (κ1) is 22.3. The van der Waals surface area contributed by atoms with Gasteiger partial charge in [0.15, 0.2) is 16.6 Å². The SMILES string of the molecule is COc1cc2ncnc(Oc3ccc(NC(=S)NCCCn4ccnc4)cc3)c2cc1OC. The third kappa shape index (κ3) is 5.66. The van der Waals surface area contributed by atoms with Gasteiger partial charge >= 0.3 is 0 Å². The van der Waals surface area contributed by atoms with Crippen molar-refractivity contribution in [1.82, 2.24) is 24.8 Å². The molecule has 0 unspecified atom stereocenters. The summed E-state index contributed by atoms with van der Waals surface area (Å²) >= 11 is 5.37. The van der Waals surface area contributed by atoms with Crippen LogP contribution in [0.2, 0.25) is 0 Å². The third-order valence-electron chi connectivity index (χ3n) is 4.87. The molecule has 0 amide bonds. The largest absolute Gasteiger partial charge is 0.493 e. The molecule has 4 rings (SSSR count). The van der Waals surface area contributed by atoms with Crippen LogP contribution in [0.5, 0.6) is 23.1 Å². The minimum absolute atomic E-state index is 0.428. The minimum atomic E-state index is 0.428. The maximum absolute atomic E-state index is 6.01. The molecule has 10 heteroatoms. The number of fused-ring (bicyclic) bond motifs is 1. The Bertz CT molecular complexity index is 1220. The molecule has 0 saturated heterocycles. The Morgan fingerprint density at radius 1 is 1.06 bits per heavy atom. The topological polar surface area (TPSA) is 95.4 Å². The average molecular weight is 465 g/mol. The van der Waals surface area contributed by atoms with Crippen LogP contribution in [0.15, 0.2) is 61.4 Å². The minimum Gasteiger partial charge on any atom is -0.493 e. The summed E-state index contributed by atoms with van der Waals surface area (Å²) < 4.78 is 18.8. The van der Waals surface area contributed by atoms with Crippen molar-refractivity contribution in [2.75, 3.05) is 26.1 Å². The molecule has 0 aliphatic rings. The Morgan fingerprint density at radius 2 is 1.85 bits per heavy atom. The Hall–Kier alpha value is -3.92. The van der Waals surface area contributed by atoms with E-state index in [2.05, 4.69) is 25.6 Å². The van der Waals surface area contributed by atoms with Crippen molar-refractivity contribution in [1.29, 1.82) is 0 Å². The molecule has 0 saturated carbocycles. The lowest BCUT2D eigenvalue weighted by molar-refractivity contribution is 0.355. The number of anilines is 1. The predicted molar refractivity (Wildman–Crippen MR) is 130 cm³/mol. The van der Waals surface area contributed by atoms with Crippen LogP contribution in [0.1, 0.15) is 6.42 Å². The fourth-order valence-corrected chi connectivity index (χ4v) is 3.44. The summed E-state index contributed by atoms with van der Waals surface area (Å²) in [6.45, 7) is 1.65. The monoisotopic (exact) mass is 464 g/mol. The van der Waals surface area contributed by atoms with Crippen LogP contribution in [-0.4, -0.2) is 45.4 Å². The van der Waals surface area contributed by atoms with E-state index in [1.165, 1.54) is 6.33 Å². The van der Waals surface area contributed by atoms with Crippen molar-refractivity contribution in [3.8, 4) is 23.1 Å². The van der Waals surface area contributed by atoms with Gasteiger partial charge in [0.1, 0.15) is 12.1 Å². The molecule has 2 heterocycles. The maximum Gasteiger partial charge on any atom is 0.230 e. The summed E-state index contributed by atoms with van der Waals surface area (Å²) in [4.78, 5) is 12.6. The molecule has 0 atom stereocenters. The predicted octanol–water partition coefficient (Wildman–Crippen LogP) is 4.01. The Kier molecular flexibility index (Phi) is 7.16. The summed E-state index contributed by atoms with van der Waals surface area (Å²) in [5.74, 6) is 2.23. The van der Waals surface area contributed by atoms with Crippen LogP contribution < -0.4 is 24.8 Å². The molecule has 2 aromatic carbocycles. The number of thiocarbonyl (C=S) groups is 1. The highest BCUT2D eigenvalue weighted by atomic mass is 32.1. The van der Waals surface area contributed by atoms with Crippen molar-refractivity contribution >= 4 is 33.9 Å². The van der Waals surface area contributed by atoms with Crippen LogP contribution >= 0.6 is 12.2 Å². The molecule has 0 spiro atoms. The van der Waals surface area contributed by atoms with Gasteiger partial charge in [-0.05, 0) is 49.0 Å². The van der Waals surface area contributed by atoms with Gasteiger partial charge in [-0.3, -0.25) is 0 Å². The molecule has 0 radical (unpaired) electrons. The quantitative estimate of drug-likeness (QED) is 0.281. The Morgan fingerprint density at radius 3 is 2.58 bits per heavy atom. The second kappa shape index (κ2) is 10.6. The van der Waals surface area contributed by atoms with Crippen LogP contribution in [-0.2, 0) is 6.54 Å². The van der Waals surface area contributed by atoms with Gasteiger partial charge in [-0.25, -0.2) is 15.0 Å². The van der Waals surface area contributed by atoms with Gasteiger partial charge in [0.2, 0.25) is 5.88 Å². The van der Waals surface area contributed by atoms with E-state index in [-0.39, 0.29) is 0 Å². The van der Waals surface area contributed by atoms with E-state index in [9.17, 15) is 0 Å². The van der Waals surface area contributed by atoms with Crippen molar-refractivity contribution in [3.05, 3.63) is 61.4 Å². The lowest BCUT2D eigenvalue weighted by Crippen LogP contribution is -2.29. The molecule has 0 fully saturated rings. The van der Waals surface area contributed by atoms with Gasteiger partial charge in [-0.1, -0.05) is 0 Å². The van der Waals surface area contributed by atoms with Gasteiger partial charge in [0.25, 0.3) is 0 Å². The maximum atomic E-state index is 6.01. The van der Waals surface area contributed by atoms with Gasteiger partial charge < -0.3 is 29.4 Å². The number of nitrogens with zero attached hydrogens (tertiary/aromatic N) is 4. The number of imidazole rings is 1. The van der Waals surface area contributed by atoms with Gasteiger partial charge in [-0.15, -0.1) is 0 Å². The molecule has 33 heavy (non-hydrogen) atoms. The summed E-state index contributed by atoms with van der Waals surface area (Å²) in [6, 6.07) is 11.1. The molecule has 0 aliphatic carbocycles. The number of aryl methyl sites for hydroxylation is 1. The first-order valence-electron chi connectivity index (χ1n) is 10.3. The van der Waals surface area contributed by atoms with Crippen molar-refractivity contribution < 1.29 is 14.2 Å². The van der Waals surface area contributed by atoms with E-state index in [0.29, 0.717) is 33.8 Å². The van der Waals surface area contributed by atoms with Crippen molar-refractivity contribution in [3.63, 3.8) is 0 Å². The number of rotatable bonds is 9. The fraction of sp³-hybridized carbons (Fsp3) is 0.217. The number of nitrogens with one attached hydrogen (secondary N) is 2. The van der Waals surface area contributed by atoms with E-state index in [1.807, 2.05) is 35.0 Å². The zero-order valence-corrected chi connectivity index (χ0v) is 19.1. The fourth-order valence-electron chi connectivity index (χ4n) is 3.22. The van der Waals surface area contributed by atoms with E-state index in [1.54, 1.807) is 38.9 Å². The second-order valence-electron chi connectivity index (χ2n) is 7.06. The Balaban J connectivity index is 1.35. The van der Waals surface area contributed by atoms with Gasteiger partial charge in [0, 0.05) is 37.2 Å². The van der Waals surface area contributed by atoms with Gasteiger partial charge in [0.05, 0.1) is 31.4 Å². The van der Waals surface area contributed by atoms with Gasteiger partial charge in [-0.2, -0.15) is 0 Å². The Labute approximate surface area is 196 Å². The lowest BCUT2D eigenvalue weighted by Gasteiger charge is -2.13. The summed E-state index contributed by atoms with van der Waals surface area (Å²) in [7, 11) is 3.17. The zero-order valence-electron chi connectivity index (χ0n) is 18.3. The highest BCUT2D eigenvalue weighted by molar-refractivity contribution is 7.80. The van der Waals surface area contributed by atoms with Crippen molar-refractivity contribution in [2.24, 2.45) is 0 Å². The number of ether oxygens (including phenoxy) is 3. The summed E-state index contributed by atoms with van der Waals surface area (Å²) in [6.07, 6.45) is 7.91. The molecule has 4 aromatic rings. The number of hydrogen-bond acceptors (Lipinski definition) is 7. The molecular formula is C23H24N6O3S. The smallest absolute Gasteiger partial charge is 0.230 e. The molecule has 2 N–H and O–H groups in total. The molecule has 170 valence electrons. The molecule has 9 nitrogen and oxygen atoms in total. The first-order valence-corrected chi connectivity index (χ1v) is 10.7. The number of hydrogen-bond donors (Lipinski definition) is 2. The van der Waals surface area contributed by atoms with E-state index < -0.39 is 0 Å². The number of aromatic nitrogens is 4. The van der Waals surface area contributed by atoms with Crippen LogP contribution in [0.4, 0.5) is 5.69 Å². The molecule has 2 aromatic heterocycles. The first-order chi connectivity index (χ1) is 16.2. The lowest BCUT2D eigenvalue weighted by atomic mass is 10.2. The molecule has 0 bridgehead atoms.